The van der Waals surface area contributed by atoms with E-state index in [4.69, 9.17) is 10.5 Å². The van der Waals surface area contributed by atoms with E-state index >= 15 is 0 Å². The number of hydrogen-bond donors (Lipinski definition) is 1. The van der Waals surface area contributed by atoms with E-state index in [9.17, 15) is 0 Å². The highest BCUT2D eigenvalue weighted by Crippen LogP contribution is 2.23. The van der Waals surface area contributed by atoms with Crippen LogP contribution in [0.2, 0.25) is 0 Å². The normalized spacial score (nSPS) is 12.7. The Hall–Kier alpha value is -1.61. The van der Waals surface area contributed by atoms with E-state index in [-0.39, 0.29) is 6.04 Å². The van der Waals surface area contributed by atoms with Crippen LogP contribution in [-0.4, -0.2) is 17.6 Å². The Kier molecular flexibility index (Phi) is 2.83. The average molecular weight is 202 g/mol. The summed E-state index contributed by atoms with van der Waals surface area (Å²) in [7, 11) is 0. The first-order valence-electron chi connectivity index (χ1n) is 4.99. The van der Waals surface area contributed by atoms with E-state index in [0.717, 1.165) is 16.7 Å². The molecule has 15 heavy (non-hydrogen) atoms. The van der Waals surface area contributed by atoms with Crippen LogP contribution in [0.3, 0.4) is 0 Å². The van der Waals surface area contributed by atoms with Crippen molar-refractivity contribution in [3.63, 3.8) is 0 Å². The number of nitrogens with zero attached hydrogens (tertiary/aromatic N) is 1. The summed E-state index contributed by atoms with van der Waals surface area (Å²) < 4.78 is 5.62. The van der Waals surface area contributed by atoms with Gasteiger partial charge in [-0.15, -0.1) is 0 Å². The lowest BCUT2D eigenvalue weighted by Gasteiger charge is -2.10. The number of ether oxygens (including phenoxy) is 1. The van der Waals surface area contributed by atoms with E-state index in [1.807, 2.05) is 37.3 Å². The summed E-state index contributed by atoms with van der Waals surface area (Å²) in [5.41, 5.74) is 6.59. The molecule has 3 heteroatoms. The molecule has 0 saturated carbocycles. The molecule has 1 unspecified atom stereocenters. The molecule has 2 N–H and O–H groups in total. The second-order valence-corrected chi connectivity index (χ2v) is 3.61. The number of nitrogens with two attached hydrogens (primary N) is 1. The topological polar surface area (TPSA) is 48.1 Å². The van der Waals surface area contributed by atoms with E-state index in [0.29, 0.717) is 6.61 Å². The fraction of sp³-hybridized carbons (Fsp3) is 0.250. The van der Waals surface area contributed by atoms with Gasteiger partial charge in [-0.2, -0.15) is 0 Å². The zero-order valence-corrected chi connectivity index (χ0v) is 8.68. The Balaban J connectivity index is 2.34. The van der Waals surface area contributed by atoms with E-state index in [1.54, 1.807) is 6.20 Å². The minimum atomic E-state index is 0.0388. The van der Waals surface area contributed by atoms with Crippen molar-refractivity contribution in [3.05, 3.63) is 36.5 Å². The summed E-state index contributed by atoms with van der Waals surface area (Å²) in [6, 6.07) is 9.78. The maximum absolute atomic E-state index is 5.64. The maximum atomic E-state index is 5.64. The summed E-state index contributed by atoms with van der Waals surface area (Å²) in [6.07, 6.45) is 1.78. The van der Waals surface area contributed by atoms with E-state index in [1.165, 1.54) is 0 Å². The number of pyridine rings is 1. The van der Waals surface area contributed by atoms with Crippen LogP contribution in [0.5, 0.6) is 5.75 Å². The molecule has 0 spiro atoms. The molecule has 1 aromatic heterocycles. The maximum Gasteiger partial charge on any atom is 0.128 e. The Bertz CT molecular complexity index is 449. The van der Waals surface area contributed by atoms with Gasteiger partial charge in [-0.05, 0) is 31.2 Å². The zero-order valence-electron chi connectivity index (χ0n) is 8.68. The lowest BCUT2D eigenvalue weighted by Crippen LogP contribution is -2.23. The molecule has 1 heterocycles. The first kappa shape index (κ1) is 9.93. The molecular formula is C12H14N2O. The predicted molar refractivity (Wildman–Crippen MR) is 60.9 cm³/mol. The van der Waals surface area contributed by atoms with Gasteiger partial charge in [-0.3, -0.25) is 4.98 Å². The molecule has 0 fully saturated rings. The fourth-order valence-corrected chi connectivity index (χ4v) is 1.42. The lowest BCUT2D eigenvalue weighted by molar-refractivity contribution is 0.299. The van der Waals surface area contributed by atoms with Crippen molar-refractivity contribution in [1.29, 1.82) is 0 Å². The smallest absolute Gasteiger partial charge is 0.128 e. The minimum absolute atomic E-state index is 0.0388. The van der Waals surface area contributed by atoms with E-state index in [2.05, 4.69) is 4.98 Å². The van der Waals surface area contributed by atoms with Crippen molar-refractivity contribution in [1.82, 2.24) is 4.98 Å². The number of benzene rings is 1. The van der Waals surface area contributed by atoms with Gasteiger partial charge >= 0.3 is 0 Å². The summed E-state index contributed by atoms with van der Waals surface area (Å²) in [6.45, 7) is 2.44. The monoisotopic (exact) mass is 202 g/mol. The van der Waals surface area contributed by atoms with Crippen molar-refractivity contribution < 1.29 is 4.74 Å². The van der Waals surface area contributed by atoms with Gasteiger partial charge in [0.15, 0.2) is 0 Å². The quantitative estimate of drug-likeness (QED) is 0.827. The largest absolute Gasteiger partial charge is 0.491 e. The van der Waals surface area contributed by atoms with Gasteiger partial charge in [-0.1, -0.05) is 6.07 Å². The first-order chi connectivity index (χ1) is 7.27. The van der Waals surface area contributed by atoms with Crippen LogP contribution in [0.1, 0.15) is 6.92 Å². The number of rotatable bonds is 3. The van der Waals surface area contributed by atoms with Gasteiger partial charge in [0, 0.05) is 17.6 Å². The molecule has 0 aliphatic heterocycles. The molecular weight excluding hydrogens is 188 g/mol. The highest BCUT2D eigenvalue weighted by molar-refractivity contribution is 5.84. The second kappa shape index (κ2) is 4.28. The van der Waals surface area contributed by atoms with Crippen LogP contribution in [-0.2, 0) is 0 Å². The van der Waals surface area contributed by atoms with Crippen LogP contribution in [0.4, 0.5) is 0 Å². The third-order valence-electron chi connectivity index (χ3n) is 2.11. The third-order valence-corrected chi connectivity index (χ3v) is 2.11. The van der Waals surface area contributed by atoms with E-state index < -0.39 is 0 Å². The molecule has 2 rings (SSSR count). The first-order valence-corrected chi connectivity index (χ1v) is 4.99. The minimum Gasteiger partial charge on any atom is -0.491 e. The summed E-state index contributed by atoms with van der Waals surface area (Å²) >= 11 is 0. The predicted octanol–water partition coefficient (Wildman–Crippen LogP) is 1.96. The molecule has 2 aromatic rings. The molecule has 0 saturated heterocycles. The van der Waals surface area contributed by atoms with Gasteiger partial charge in [0.1, 0.15) is 12.4 Å². The lowest BCUT2D eigenvalue weighted by atomic mass is 10.2. The summed E-state index contributed by atoms with van der Waals surface area (Å²) in [5, 5.41) is 1.03. The van der Waals surface area contributed by atoms with Gasteiger partial charge in [0.25, 0.3) is 0 Å². The third kappa shape index (κ3) is 2.25. The summed E-state index contributed by atoms with van der Waals surface area (Å²) in [5.74, 6) is 0.845. The Morgan fingerprint density at radius 1 is 1.33 bits per heavy atom. The van der Waals surface area contributed by atoms with Crippen molar-refractivity contribution in [3.8, 4) is 5.75 Å². The molecule has 1 atom stereocenters. The van der Waals surface area contributed by atoms with Gasteiger partial charge < -0.3 is 10.5 Å². The van der Waals surface area contributed by atoms with Crippen LogP contribution in [0, 0.1) is 0 Å². The highest BCUT2D eigenvalue weighted by Gasteiger charge is 2.02. The Labute approximate surface area is 88.9 Å². The van der Waals surface area contributed by atoms with Crippen molar-refractivity contribution >= 4 is 10.9 Å². The molecule has 0 aliphatic carbocycles. The van der Waals surface area contributed by atoms with Crippen molar-refractivity contribution in [2.45, 2.75) is 13.0 Å². The molecule has 0 aliphatic rings. The average Bonchev–Trinajstić information content (AvgIpc) is 2.26. The van der Waals surface area contributed by atoms with Crippen molar-refractivity contribution in [2.75, 3.05) is 6.61 Å². The number of hydrogen-bond acceptors (Lipinski definition) is 3. The standard InChI is InChI=1S/C12H14N2O/c1-9(13)8-15-12-6-2-5-11-10(12)4-3-7-14-11/h2-7,9H,8,13H2,1H3. The molecule has 1 aromatic carbocycles. The van der Waals surface area contributed by atoms with Crippen LogP contribution in [0.15, 0.2) is 36.5 Å². The SMILES string of the molecule is CC(N)COc1cccc2ncccc12. The van der Waals surface area contributed by atoms with Gasteiger partial charge in [-0.25, -0.2) is 0 Å². The molecule has 0 amide bonds. The zero-order chi connectivity index (χ0) is 10.7. The van der Waals surface area contributed by atoms with Crippen LogP contribution in [0.25, 0.3) is 10.9 Å². The molecule has 3 nitrogen and oxygen atoms in total. The van der Waals surface area contributed by atoms with Crippen LogP contribution >= 0.6 is 0 Å². The highest BCUT2D eigenvalue weighted by atomic mass is 16.5. The molecule has 0 bridgehead atoms. The van der Waals surface area contributed by atoms with Gasteiger partial charge in [0.05, 0.1) is 5.52 Å². The summed E-state index contributed by atoms with van der Waals surface area (Å²) in [4.78, 5) is 4.26. The van der Waals surface area contributed by atoms with Crippen LogP contribution < -0.4 is 10.5 Å². The molecule has 0 radical (unpaired) electrons. The number of fused-ring (bicyclic) bond motifs is 1. The second-order valence-electron chi connectivity index (χ2n) is 3.61. The molecule has 78 valence electrons. The Morgan fingerprint density at radius 3 is 3.00 bits per heavy atom. The Morgan fingerprint density at radius 2 is 2.20 bits per heavy atom. The number of aromatic nitrogens is 1. The van der Waals surface area contributed by atoms with Crippen molar-refractivity contribution in [2.24, 2.45) is 5.73 Å². The fourth-order valence-electron chi connectivity index (χ4n) is 1.42. The van der Waals surface area contributed by atoms with Gasteiger partial charge in [0.2, 0.25) is 0 Å².